The zero-order valence-corrected chi connectivity index (χ0v) is 8.88. The monoisotopic (exact) mass is 207 g/mol. The van der Waals surface area contributed by atoms with Gasteiger partial charge >= 0.3 is 0 Å². The van der Waals surface area contributed by atoms with E-state index in [0.717, 1.165) is 5.56 Å². The summed E-state index contributed by atoms with van der Waals surface area (Å²) < 4.78 is 13.4. The minimum Gasteiger partial charge on any atom is -0.353 e. The van der Waals surface area contributed by atoms with Crippen molar-refractivity contribution in [3.63, 3.8) is 0 Å². The topological polar surface area (TPSA) is 29.1 Å². The smallest absolute Gasteiger partial charge is 0.220 e. The Labute approximate surface area is 88.5 Å². The Balaban J connectivity index is 2.30. The van der Waals surface area contributed by atoms with E-state index in [0.29, 0.717) is 12.0 Å². The van der Waals surface area contributed by atoms with Gasteiger partial charge in [0.1, 0.15) is 5.82 Å². The molecule has 1 aromatic rings. The van der Waals surface area contributed by atoms with Crippen molar-refractivity contribution in [3.8, 4) is 0 Å². The van der Waals surface area contributed by atoms with Crippen molar-refractivity contribution < 1.29 is 9.18 Å². The molecule has 1 heterocycles. The molecule has 1 aliphatic heterocycles. The van der Waals surface area contributed by atoms with Crippen LogP contribution >= 0.6 is 0 Å². The molecule has 2 unspecified atom stereocenters. The van der Waals surface area contributed by atoms with E-state index in [4.69, 9.17) is 0 Å². The standard InChI is InChI=1S/C12H14FNO/c1-7-3-4-9(5-11(7)13)10-6-12(15)14-8(10)2/h3-5,8,10H,6H2,1-2H3,(H,14,15). The minimum absolute atomic E-state index is 0.0495. The van der Waals surface area contributed by atoms with Crippen molar-refractivity contribution in [2.45, 2.75) is 32.2 Å². The number of aryl methyl sites for hydroxylation is 1. The first-order chi connectivity index (χ1) is 7.08. The molecule has 15 heavy (non-hydrogen) atoms. The van der Waals surface area contributed by atoms with Crippen LogP contribution < -0.4 is 5.32 Å². The number of nitrogens with one attached hydrogen (secondary N) is 1. The highest BCUT2D eigenvalue weighted by Crippen LogP contribution is 2.29. The minimum atomic E-state index is -0.195. The zero-order chi connectivity index (χ0) is 11.0. The highest BCUT2D eigenvalue weighted by molar-refractivity contribution is 5.80. The molecule has 2 nitrogen and oxygen atoms in total. The van der Waals surface area contributed by atoms with E-state index >= 15 is 0 Å². The van der Waals surface area contributed by atoms with Crippen LogP contribution in [-0.2, 0) is 4.79 Å². The third kappa shape index (κ3) is 1.87. The van der Waals surface area contributed by atoms with E-state index in [-0.39, 0.29) is 23.7 Å². The second kappa shape index (κ2) is 3.65. The maximum absolute atomic E-state index is 13.4. The number of carbonyl (C=O) groups is 1. The van der Waals surface area contributed by atoms with E-state index in [1.807, 2.05) is 13.0 Å². The molecule has 2 atom stereocenters. The number of carbonyl (C=O) groups excluding carboxylic acids is 1. The van der Waals surface area contributed by atoms with Gasteiger partial charge in [-0.3, -0.25) is 4.79 Å². The summed E-state index contributed by atoms with van der Waals surface area (Å²) in [5.74, 6) is -0.0415. The average Bonchev–Trinajstić information content (AvgIpc) is 2.50. The lowest BCUT2D eigenvalue weighted by atomic mass is 9.92. The molecule has 0 radical (unpaired) electrons. The molecule has 1 amide bonds. The summed E-state index contributed by atoms with van der Waals surface area (Å²) >= 11 is 0. The van der Waals surface area contributed by atoms with Crippen molar-refractivity contribution in [1.29, 1.82) is 0 Å². The molecular formula is C12H14FNO. The van der Waals surface area contributed by atoms with Crippen LogP contribution in [0.4, 0.5) is 4.39 Å². The molecule has 0 saturated carbocycles. The number of hydrogen-bond donors (Lipinski definition) is 1. The van der Waals surface area contributed by atoms with Gasteiger partial charge in [-0.05, 0) is 31.0 Å². The number of amides is 1. The number of halogens is 1. The summed E-state index contributed by atoms with van der Waals surface area (Å²) in [6, 6.07) is 5.30. The summed E-state index contributed by atoms with van der Waals surface area (Å²) in [6.45, 7) is 3.69. The van der Waals surface area contributed by atoms with Gasteiger partial charge in [0.15, 0.2) is 0 Å². The molecule has 80 valence electrons. The average molecular weight is 207 g/mol. The summed E-state index contributed by atoms with van der Waals surface area (Å²) in [5, 5.41) is 2.84. The fraction of sp³-hybridized carbons (Fsp3) is 0.417. The summed E-state index contributed by atoms with van der Waals surface area (Å²) in [5.41, 5.74) is 1.55. The van der Waals surface area contributed by atoms with Crippen molar-refractivity contribution >= 4 is 5.91 Å². The Morgan fingerprint density at radius 3 is 2.73 bits per heavy atom. The van der Waals surface area contributed by atoms with Crippen LogP contribution in [0.3, 0.4) is 0 Å². The van der Waals surface area contributed by atoms with E-state index in [9.17, 15) is 9.18 Å². The highest BCUT2D eigenvalue weighted by atomic mass is 19.1. The lowest BCUT2D eigenvalue weighted by Crippen LogP contribution is -2.24. The molecule has 0 aliphatic carbocycles. The Kier molecular flexibility index (Phi) is 2.47. The largest absolute Gasteiger partial charge is 0.353 e. The predicted molar refractivity (Wildman–Crippen MR) is 56.1 cm³/mol. The van der Waals surface area contributed by atoms with Crippen LogP contribution in [0, 0.1) is 12.7 Å². The molecule has 3 heteroatoms. The second-order valence-corrected chi connectivity index (χ2v) is 4.18. The van der Waals surface area contributed by atoms with Gasteiger partial charge in [0, 0.05) is 18.4 Å². The van der Waals surface area contributed by atoms with Crippen molar-refractivity contribution in [2.24, 2.45) is 0 Å². The fourth-order valence-corrected chi connectivity index (χ4v) is 2.04. The van der Waals surface area contributed by atoms with Crippen LogP contribution in [0.1, 0.15) is 30.4 Å². The van der Waals surface area contributed by atoms with Gasteiger partial charge in [0.25, 0.3) is 0 Å². The third-order valence-electron chi connectivity index (χ3n) is 3.02. The highest BCUT2D eigenvalue weighted by Gasteiger charge is 2.30. The maximum Gasteiger partial charge on any atom is 0.220 e. The van der Waals surface area contributed by atoms with Crippen molar-refractivity contribution in [1.82, 2.24) is 5.32 Å². The summed E-state index contributed by atoms with van der Waals surface area (Å²) in [4.78, 5) is 11.2. The van der Waals surface area contributed by atoms with Gasteiger partial charge in [0.05, 0.1) is 0 Å². The van der Waals surface area contributed by atoms with Gasteiger partial charge in [-0.2, -0.15) is 0 Å². The molecule has 2 rings (SSSR count). The lowest BCUT2D eigenvalue weighted by Gasteiger charge is -2.14. The van der Waals surface area contributed by atoms with Gasteiger partial charge in [-0.1, -0.05) is 12.1 Å². The Bertz CT molecular complexity index is 403. The van der Waals surface area contributed by atoms with Gasteiger partial charge in [0.2, 0.25) is 5.91 Å². The number of hydrogen-bond acceptors (Lipinski definition) is 1. The number of rotatable bonds is 1. The molecule has 1 saturated heterocycles. The molecule has 1 aromatic carbocycles. The van der Waals surface area contributed by atoms with Gasteiger partial charge in [-0.25, -0.2) is 4.39 Å². The lowest BCUT2D eigenvalue weighted by molar-refractivity contribution is -0.119. The normalized spacial score (nSPS) is 25.4. The maximum atomic E-state index is 13.4. The van der Waals surface area contributed by atoms with E-state index < -0.39 is 0 Å². The summed E-state index contributed by atoms with van der Waals surface area (Å²) in [6.07, 6.45) is 0.462. The van der Waals surface area contributed by atoms with E-state index in [1.54, 1.807) is 13.0 Å². The molecular weight excluding hydrogens is 193 g/mol. The first kappa shape index (κ1) is 10.1. The van der Waals surface area contributed by atoms with Gasteiger partial charge in [-0.15, -0.1) is 0 Å². The molecule has 1 aliphatic rings. The summed E-state index contributed by atoms with van der Waals surface area (Å²) in [7, 11) is 0. The van der Waals surface area contributed by atoms with Crippen molar-refractivity contribution in [3.05, 3.63) is 35.1 Å². The first-order valence-corrected chi connectivity index (χ1v) is 5.13. The Morgan fingerprint density at radius 2 is 2.20 bits per heavy atom. The fourth-order valence-electron chi connectivity index (χ4n) is 2.04. The van der Waals surface area contributed by atoms with E-state index in [1.165, 1.54) is 6.07 Å². The van der Waals surface area contributed by atoms with Crippen molar-refractivity contribution in [2.75, 3.05) is 0 Å². The molecule has 0 spiro atoms. The SMILES string of the molecule is Cc1ccc(C2CC(=O)NC2C)cc1F. The number of benzene rings is 1. The van der Waals surface area contributed by atoms with Gasteiger partial charge < -0.3 is 5.32 Å². The van der Waals surface area contributed by atoms with Crippen LogP contribution in [0.5, 0.6) is 0 Å². The molecule has 1 fully saturated rings. The molecule has 0 bridgehead atoms. The zero-order valence-electron chi connectivity index (χ0n) is 8.88. The molecule has 1 N–H and O–H groups in total. The Morgan fingerprint density at radius 1 is 1.47 bits per heavy atom. The third-order valence-corrected chi connectivity index (χ3v) is 3.02. The van der Waals surface area contributed by atoms with Crippen LogP contribution in [0.2, 0.25) is 0 Å². The van der Waals surface area contributed by atoms with Crippen LogP contribution in [-0.4, -0.2) is 11.9 Å². The second-order valence-electron chi connectivity index (χ2n) is 4.18. The quantitative estimate of drug-likeness (QED) is 0.751. The van der Waals surface area contributed by atoms with Crippen LogP contribution in [0.25, 0.3) is 0 Å². The Hall–Kier alpha value is -1.38. The van der Waals surface area contributed by atoms with E-state index in [2.05, 4.69) is 5.32 Å². The van der Waals surface area contributed by atoms with Crippen LogP contribution in [0.15, 0.2) is 18.2 Å². The first-order valence-electron chi connectivity index (χ1n) is 5.13. The predicted octanol–water partition coefficient (Wildman–Crippen LogP) is 2.13. The molecule has 0 aromatic heterocycles.